The fourth-order valence-electron chi connectivity index (χ4n) is 3.20. The Morgan fingerprint density at radius 2 is 2.00 bits per heavy atom. The molecule has 1 aromatic heterocycles. The van der Waals surface area contributed by atoms with Crippen molar-refractivity contribution < 1.29 is 9.90 Å². The van der Waals surface area contributed by atoms with Gasteiger partial charge in [0, 0.05) is 23.6 Å². The van der Waals surface area contributed by atoms with Gasteiger partial charge in [-0.1, -0.05) is 23.7 Å². The van der Waals surface area contributed by atoms with Crippen LogP contribution in [0.1, 0.15) is 11.1 Å². The number of nitrogens with one attached hydrogen (secondary N) is 4. The maximum atomic E-state index is 12.1. The van der Waals surface area contributed by atoms with Crippen molar-refractivity contribution in [3.8, 4) is 0 Å². The number of hydrogen-bond donors (Lipinski definition) is 5. The highest BCUT2D eigenvalue weighted by atomic mass is 35.5. The zero-order valence-corrected chi connectivity index (χ0v) is 16.8. The summed E-state index contributed by atoms with van der Waals surface area (Å²) >= 11 is 6.28. The molecule has 0 spiro atoms. The third-order valence-electron chi connectivity index (χ3n) is 4.62. The Balaban J connectivity index is 1.71. The molecule has 0 radical (unpaired) electrons. The number of amides is 2. The Morgan fingerprint density at radius 3 is 2.87 bits per heavy atom. The number of aryl methyl sites for hydroxylation is 2. The molecule has 0 fully saturated rings. The van der Waals surface area contributed by atoms with Gasteiger partial charge >= 0.3 is 6.03 Å². The van der Waals surface area contributed by atoms with Gasteiger partial charge < -0.3 is 26.4 Å². The molecule has 154 valence electrons. The van der Waals surface area contributed by atoms with Gasteiger partial charge in [0.25, 0.3) is 0 Å². The average molecular weight is 425 g/mol. The van der Waals surface area contributed by atoms with E-state index in [-0.39, 0.29) is 19.2 Å². The number of fused-ring (bicyclic) bond motifs is 6. The van der Waals surface area contributed by atoms with E-state index < -0.39 is 0 Å². The van der Waals surface area contributed by atoms with Crippen molar-refractivity contribution in [1.29, 1.82) is 0 Å². The van der Waals surface area contributed by atoms with Gasteiger partial charge in [-0.05, 0) is 54.3 Å². The molecule has 5 N–H and O–H groups in total. The molecule has 2 aromatic carbocycles. The van der Waals surface area contributed by atoms with Gasteiger partial charge in [-0.3, -0.25) is 0 Å². The molecule has 2 heterocycles. The van der Waals surface area contributed by atoms with E-state index in [0.717, 1.165) is 28.9 Å². The number of hydrogen-bond acceptors (Lipinski definition) is 6. The van der Waals surface area contributed by atoms with E-state index >= 15 is 0 Å². The lowest BCUT2D eigenvalue weighted by Crippen LogP contribution is -2.31. The first kappa shape index (κ1) is 19.9. The molecule has 3 aromatic rings. The Hall–Kier alpha value is -3.36. The van der Waals surface area contributed by atoms with Crippen LogP contribution in [-0.4, -0.2) is 34.3 Å². The highest BCUT2D eigenvalue weighted by Gasteiger charge is 2.12. The Bertz CT molecular complexity index is 1080. The van der Waals surface area contributed by atoms with E-state index in [1.165, 1.54) is 0 Å². The first-order chi connectivity index (χ1) is 14.6. The fourth-order valence-corrected chi connectivity index (χ4v) is 3.34. The molecule has 0 saturated carbocycles. The molecule has 0 atom stereocenters. The number of halogens is 1. The maximum absolute atomic E-state index is 12.1. The number of rotatable bonds is 3. The standard InChI is InChI=1S/C21H21ClN6O2/c22-17-12-24-20-26-15-3-1-2-13(10-15)4-5-14-11-16(25-19(17)28-20)6-7-18(14)27-21(30)23-8-9-29/h1-3,6-7,10-12,29H,4-5,8-9H2,(H2,23,27,30)(H2,24,25,26,28). The first-order valence-electron chi connectivity index (χ1n) is 9.55. The SMILES string of the molecule is O=C(NCCO)Nc1ccc2cc1CCc1cccc(c1)Nc1ncc(Cl)c(n1)N2. The molecule has 0 unspecified atom stereocenters. The predicted molar refractivity (Wildman–Crippen MR) is 118 cm³/mol. The normalized spacial score (nSPS) is 12.3. The number of aliphatic hydroxyl groups excluding tert-OH is 1. The monoisotopic (exact) mass is 424 g/mol. The van der Waals surface area contributed by atoms with E-state index in [4.69, 9.17) is 16.7 Å². The van der Waals surface area contributed by atoms with Crippen LogP contribution in [0.2, 0.25) is 5.02 Å². The number of carbonyl (C=O) groups is 1. The van der Waals surface area contributed by atoms with Crippen LogP contribution in [0.5, 0.6) is 0 Å². The largest absolute Gasteiger partial charge is 0.395 e. The third-order valence-corrected chi connectivity index (χ3v) is 4.90. The van der Waals surface area contributed by atoms with Crippen LogP contribution in [0, 0.1) is 0 Å². The minimum atomic E-state index is -0.362. The van der Waals surface area contributed by atoms with E-state index in [1.807, 2.05) is 36.4 Å². The molecule has 8 nitrogen and oxygen atoms in total. The summed E-state index contributed by atoms with van der Waals surface area (Å²) in [4.78, 5) is 20.8. The quantitative estimate of drug-likeness (QED) is 0.437. The van der Waals surface area contributed by atoms with Crippen molar-refractivity contribution in [3.63, 3.8) is 0 Å². The summed E-state index contributed by atoms with van der Waals surface area (Å²) in [5.74, 6) is 0.925. The molecular formula is C21H21ClN6O2. The zero-order chi connectivity index (χ0) is 20.9. The van der Waals surface area contributed by atoms with Gasteiger partial charge in [-0.15, -0.1) is 0 Å². The molecular weight excluding hydrogens is 404 g/mol. The van der Waals surface area contributed by atoms with Gasteiger partial charge in [0.2, 0.25) is 5.95 Å². The summed E-state index contributed by atoms with van der Waals surface area (Å²) in [5.41, 5.74) is 4.48. The van der Waals surface area contributed by atoms with E-state index in [1.54, 1.807) is 6.20 Å². The van der Waals surface area contributed by atoms with Gasteiger partial charge in [-0.25, -0.2) is 9.78 Å². The Kier molecular flexibility index (Phi) is 5.97. The highest BCUT2D eigenvalue weighted by Crippen LogP contribution is 2.29. The van der Waals surface area contributed by atoms with Crippen molar-refractivity contribution in [3.05, 3.63) is 64.8 Å². The van der Waals surface area contributed by atoms with Gasteiger partial charge in [0.1, 0.15) is 5.02 Å². The molecule has 30 heavy (non-hydrogen) atoms. The van der Waals surface area contributed by atoms with Crippen molar-refractivity contribution in [2.75, 3.05) is 29.1 Å². The summed E-state index contributed by atoms with van der Waals surface area (Å²) < 4.78 is 0. The maximum Gasteiger partial charge on any atom is 0.319 e. The zero-order valence-electron chi connectivity index (χ0n) is 16.1. The molecule has 6 bridgehead atoms. The first-order valence-corrected chi connectivity index (χ1v) is 9.93. The second-order valence-electron chi connectivity index (χ2n) is 6.82. The van der Waals surface area contributed by atoms with E-state index in [9.17, 15) is 4.79 Å². The van der Waals surface area contributed by atoms with Crippen LogP contribution in [-0.2, 0) is 12.8 Å². The number of benzene rings is 2. The average Bonchev–Trinajstić information content (AvgIpc) is 2.75. The molecule has 1 aliphatic rings. The molecule has 0 aliphatic carbocycles. The molecule has 1 aliphatic heterocycles. The van der Waals surface area contributed by atoms with Gasteiger partial charge in [0.05, 0.1) is 12.8 Å². The second kappa shape index (κ2) is 8.98. The number of carbonyl (C=O) groups excluding carboxylic acids is 1. The summed E-state index contributed by atoms with van der Waals surface area (Å²) in [5, 5.41) is 21.2. The Morgan fingerprint density at radius 1 is 1.13 bits per heavy atom. The smallest absolute Gasteiger partial charge is 0.319 e. The van der Waals surface area contributed by atoms with Crippen molar-refractivity contribution in [2.24, 2.45) is 0 Å². The molecule has 4 rings (SSSR count). The summed E-state index contributed by atoms with van der Waals surface area (Å²) in [6.07, 6.45) is 3.04. The molecule has 0 saturated heterocycles. The Labute approximate surface area is 178 Å². The van der Waals surface area contributed by atoms with E-state index in [0.29, 0.717) is 28.9 Å². The third kappa shape index (κ3) is 4.79. The van der Waals surface area contributed by atoms with Crippen molar-refractivity contribution in [2.45, 2.75) is 12.8 Å². The lowest BCUT2D eigenvalue weighted by molar-refractivity contribution is 0.245. The predicted octanol–water partition coefficient (Wildman–Crippen LogP) is 3.83. The summed E-state index contributed by atoms with van der Waals surface area (Å²) in [7, 11) is 0. The lowest BCUT2D eigenvalue weighted by Gasteiger charge is -2.15. The summed E-state index contributed by atoms with van der Waals surface area (Å²) in [6, 6.07) is 13.3. The summed E-state index contributed by atoms with van der Waals surface area (Å²) in [6.45, 7) is 0.0737. The number of aliphatic hydroxyl groups is 1. The molecule has 2 amide bonds. The minimum absolute atomic E-state index is 0.116. The highest BCUT2D eigenvalue weighted by molar-refractivity contribution is 6.32. The topological polar surface area (TPSA) is 111 Å². The van der Waals surface area contributed by atoms with Crippen molar-refractivity contribution in [1.82, 2.24) is 15.3 Å². The number of aromatic nitrogens is 2. The molecule has 9 heteroatoms. The lowest BCUT2D eigenvalue weighted by atomic mass is 10.0. The minimum Gasteiger partial charge on any atom is -0.395 e. The van der Waals surface area contributed by atoms with Crippen LogP contribution in [0.15, 0.2) is 48.7 Å². The number of nitrogens with zero attached hydrogens (tertiary/aromatic N) is 2. The van der Waals surface area contributed by atoms with E-state index in [2.05, 4.69) is 37.3 Å². The van der Waals surface area contributed by atoms with Crippen LogP contribution < -0.4 is 21.3 Å². The van der Waals surface area contributed by atoms with Crippen molar-refractivity contribution >= 4 is 46.5 Å². The van der Waals surface area contributed by atoms with Crippen LogP contribution in [0.25, 0.3) is 0 Å². The van der Waals surface area contributed by atoms with Gasteiger partial charge in [0.15, 0.2) is 5.82 Å². The number of anilines is 5. The van der Waals surface area contributed by atoms with Crippen LogP contribution in [0.4, 0.5) is 33.6 Å². The second-order valence-corrected chi connectivity index (χ2v) is 7.22. The number of urea groups is 1. The van der Waals surface area contributed by atoms with Crippen LogP contribution >= 0.6 is 11.6 Å². The van der Waals surface area contributed by atoms with Gasteiger partial charge in [-0.2, -0.15) is 4.98 Å². The van der Waals surface area contributed by atoms with Crippen LogP contribution in [0.3, 0.4) is 0 Å². The fraction of sp³-hybridized carbons (Fsp3) is 0.190.